The van der Waals surface area contributed by atoms with Crippen molar-refractivity contribution in [2.45, 2.75) is 6.04 Å². The second-order valence-corrected chi connectivity index (χ2v) is 4.58. The van der Waals surface area contributed by atoms with Gasteiger partial charge >= 0.3 is 0 Å². The van der Waals surface area contributed by atoms with Crippen molar-refractivity contribution in [1.82, 2.24) is 15.2 Å². The predicted molar refractivity (Wildman–Crippen MR) is 60.7 cm³/mol. The quantitative estimate of drug-likeness (QED) is 0.868. The highest BCUT2D eigenvalue weighted by Crippen LogP contribution is 2.13. The van der Waals surface area contributed by atoms with Crippen LogP contribution in [0.5, 0.6) is 0 Å². The van der Waals surface area contributed by atoms with Gasteiger partial charge in [0, 0.05) is 23.8 Å². The van der Waals surface area contributed by atoms with E-state index in [0.717, 1.165) is 17.6 Å². The number of likely N-dealkylation sites (tertiary alicyclic amines) is 1. The van der Waals surface area contributed by atoms with Gasteiger partial charge in [0.15, 0.2) is 0 Å². The first-order valence-corrected chi connectivity index (χ1v) is 5.56. The Morgan fingerprint density at radius 3 is 3.00 bits per heavy atom. The Bertz CT molecular complexity index is 377. The van der Waals surface area contributed by atoms with Crippen molar-refractivity contribution in [1.29, 1.82) is 0 Å². The van der Waals surface area contributed by atoms with Crippen LogP contribution in [0.1, 0.15) is 10.5 Å². The third-order valence-corrected chi connectivity index (χ3v) is 3.01. The molecule has 1 aliphatic heterocycles. The minimum Gasteiger partial charge on any atom is -0.345 e. The molecule has 1 aromatic rings. The van der Waals surface area contributed by atoms with Crippen LogP contribution in [0.4, 0.5) is 0 Å². The van der Waals surface area contributed by atoms with Crippen molar-refractivity contribution in [2.75, 3.05) is 20.1 Å². The molecule has 0 bridgehead atoms. The Morgan fingerprint density at radius 2 is 2.40 bits per heavy atom. The first-order chi connectivity index (χ1) is 7.16. The largest absolute Gasteiger partial charge is 0.345 e. The number of likely N-dealkylation sites (N-methyl/N-ethyl adjacent to an activating group) is 1. The summed E-state index contributed by atoms with van der Waals surface area (Å²) in [6.45, 7) is 1.83. The van der Waals surface area contributed by atoms with E-state index in [1.807, 2.05) is 13.1 Å². The van der Waals surface area contributed by atoms with E-state index in [2.05, 4.69) is 31.1 Å². The summed E-state index contributed by atoms with van der Waals surface area (Å²) in [7, 11) is 2.03. The third-order valence-electron chi connectivity index (χ3n) is 2.37. The summed E-state index contributed by atoms with van der Waals surface area (Å²) in [5.41, 5.74) is 0.451. The molecule has 1 saturated heterocycles. The number of rotatable bonds is 2. The van der Waals surface area contributed by atoms with Gasteiger partial charge < -0.3 is 10.2 Å². The minimum atomic E-state index is -0.111. The maximum Gasteiger partial charge on any atom is 0.271 e. The van der Waals surface area contributed by atoms with Crippen LogP contribution in [-0.2, 0) is 0 Å². The standard InChI is InChI=1S/C10H12BrN3O/c1-14-5-7(6-14)13-10(15)9-8(11)3-2-4-12-9/h2-4,7H,5-6H2,1H3,(H,13,15). The van der Waals surface area contributed by atoms with Crippen LogP contribution >= 0.6 is 15.9 Å². The molecule has 4 nitrogen and oxygen atoms in total. The molecule has 0 saturated carbocycles. The lowest BCUT2D eigenvalue weighted by atomic mass is 10.1. The van der Waals surface area contributed by atoms with E-state index in [0.29, 0.717) is 5.69 Å². The van der Waals surface area contributed by atoms with Crippen molar-refractivity contribution < 1.29 is 4.79 Å². The van der Waals surface area contributed by atoms with Gasteiger partial charge in [-0.25, -0.2) is 4.98 Å². The van der Waals surface area contributed by atoms with Gasteiger partial charge in [0.05, 0.1) is 6.04 Å². The van der Waals surface area contributed by atoms with E-state index in [1.165, 1.54) is 0 Å². The summed E-state index contributed by atoms with van der Waals surface area (Å²) in [6.07, 6.45) is 1.62. The monoisotopic (exact) mass is 269 g/mol. The summed E-state index contributed by atoms with van der Waals surface area (Å²) in [5.74, 6) is -0.111. The molecule has 0 aromatic carbocycles. The number of nitrogens with zero attached hydrogens (tertiary/aromatic N) is 2. The summed E-state index contributed by atoms with van der Waals surface area (Å²) < 4.78 is 0.732. The first kappa shape index (κ1) is 10.6. The van der Waals surface area contributed by atoms with Crippen molar-refractivity contribution in [3.05, 3.63) is 28.5 Å². The van der Waals surface area contributed by atoms with E-state index >= 15 is 0 Å². The maximum atomic E-state index is 11.8. The molecule has 2 heterocycles. The number of nitrogens with one attached hydrogen (secondary N) is 1. The van der Waals surface area contributed by atoms with E-state index in [4.69, 9.17) is 0 Å². The fourth-order valence-corrected chi connectivity index (χ4v) is 2.03. The number of carbonyl (C=O) groups is 1. The number of pyridine rings is 1. The summed E-state index contributed by atoms with van der Waals surface area (Å²) >= 11 is 3.30. The molecule has 0 aliphatic carbocycles. The van der Waals surface area contributed by atoms with E-state index in [9.17, 15) is 4.79 Å². The molecule has 15 heavy (non-hydrogen) atoms. The summed E-state index contributed by atoms with van der Waals surface area (Å²) in [5, 5.41) is 2.93. The lowest BCUT2D eigenvalue weighted by Gasteiger charge is -2.36. The average molecular weight is 270 g/mol. The maximum absolute atomic E-state index is 11.8. The van der Waals surface area contributed by atoms with Crippen molar-refractivity contribution >= 4 is 21.8 Å². The molecule has 1 fully saturated rings. The van der Waals surface area contributed by atoms with Crippen molar-refractivity contribution in [3.63, 3.8) is 0 Å². The van der Waals surface area contributed by atoms with Gasteiger partial charge in [-0.1, -0.05) is 0 Å². The van der Waals surface area contributed by atoms with Gasteiger partial charge in [-0.3, -0.25) is 4.79 Å². The zero-order chi connectivity index (χ0) is 10.8. The van der Waals surface area contributed by atoms with Crippen molar-refractivity contribution in [3.8, 4) is 0 Å². The molecule has 0 atom stereocenters. The van der Waals surface area contributed by atoms with Crippen LogP contribution in [0.2, 0.25) is 0 Å². The van der Waals surface area contributed by atoms with Crippen LogP contribution < -0.4 is 5.32 Å². The van der Waals surface area contributed by atoms with Crippen molar-refractivity contribution in [2.24, 2.45) is 0 Å². The topological polar surface area (TPSA) is 45.2 Å². The zero-order valence-electron chi connectivity index (χ0n) is 8.40. The van der Waals surface area contributed by atoms with Gasteiger partial charge in [-0.05, 0) is 35.1 Å². The molecule has 5 heteroatoms. The molecular formula is C10H12BrN3O. The summed E-state index contributed by atoms with van der Waals surface area (Å²) in [6, 6.07) is 3.86. The highest BCUT2D eigenvalue weighted by Gasteiger charge is 2.25. The van der Waals surface area contributed by atoms with Crippen LogP contribution in [0.3, 0.4) is 0 Å². The van der Waals surface area contributed by atoms with Crippen LogP contribution in [0, 0.1) is 0 Å². The molecule has 0 unspecified atom stereocenters. The number of hydrogen-bond donors (Lipinski definition) is 1. The van der Waals surface area contributed by atoms with E-state index in [-0.39, 0.29) is 11.9 Å². The Morgan fingerprint density at radius 1 is 1.67 bits per heavy atom. The van der Waals surface area contributed by atoms with Crippen LogP contribution in [0.15, 0.2) is 22.8 Å². The van der Waals surface area contributed by atoms with Gasteiger partial charge in [-0.2, -0.15) is 0 Å². The number of halogens is 1. The second-order valence-electron chi connectivity index (χ2n) is 3.73. The number of hydrogen-bond acceptors (Lipinski definition) is 3. The zero-order valence-corrected chi connectivity index (χ0v) is 9.99. The lowest BCUT2D eigenvalue weighted by Crippen LogP contribution is -2.57. The van der Waals surface area contributed by atoms with Gasteiger partial charge in [0.1, 0.15) is 5.69 Å². The van der Waals surface area contributed by atoms with Gasteiger partial charge in [0.2, 0.25) is 0 Å². The first-order valence-electron chi connectivity index (χ1n) is 4.77. The van der Waals surface area contributed by atoms with E-state index < -0.39 is 0 Å². The van der Waals surface area contributed by atoms with Crippen LogP contribution in [-0.4, -0.2) is 42.0 Å². The Kier molecular flexibility index (Phi) is 3.02. The number of amides is 1. The van der Waals surface area contributed by atoms with Crippen LogP contribution in [0.25, 0.3) is 0 Å². The normalized spacial score (nSPS) is 17.2. The number of aromatic nitrogens is 1. The number of carbonyl (C=O) groups excluding carboxylic acids is 1. The highest BCUT2D eigenvalue weighted by atomic mass is 79.9. The Balaban J connectivity index is 1.99. The second kappa shape index (κ2) is 4.28. The fraction of sp³-hybridized carbons (Fsp3) is 0.400. The molecule has 1 N–H and O–H groups in total. The summed E-state index contributed by atoms with van der Waals surface area (Å²) in [4.78, 5) is 17.9. The molecule has 1 aromatic heterocycles. The molecule has 0 radical (unpaired) electrons. The predicted octanol–water partition coefficient (Wildman–Crippen LogP) is 0.888. The van der Waals surface area contributed by atoms with Gasteiger partial charge in [0.25, 0.3) is 5.91 Å². The molecule has 1 aliphatic rings. The smallest absolute Gasteiger partial charge is 0.271 e. The third kappa shape index (κ3) is 2.35. The van der Waals surface area contributed by atoms with E-state index in [1.54, 1.807) is 12.3 Å². The molecule has 80 valence electrons. The SMILES string of the molecule is CN1CC(NC(=O)c2ncccc2Br)C1. The Labute approximate surface area is 96.8 Å². The highest BCUT2D eigenvalue weighted by molar-refractivity contribution is 9.10. The molecule has 2 rings (SSSR count). The average Bonchev–Trinajstić information content (AvgIpc) is 2.16. The Hall–Kier alpha value is -0.940. The minimum absolute atomic E-state index is 0.111. The molecule has 1 amide bonds. The molecular weight excluding hydrogens is 258 g/mol. The fourth-order valence-electron chi connectivity index (χ4n) is 1.60. The van der Waals surface area contributed by atoms with Gasteiger partial charge in [-0.15, -0.1) is 0 Å². The molecule has 0 spiro atoms. The lowest BCUT2D eigenvalue weighted by molar-refractivity contribution is 0.0852.